The summed E-state index contributed by atoms with van der Waals surface area (Å²) in [7, 11) is 4.57. The molecule has 9 atom stereocenters. The molecule has 65 heavy (non-hydrogen) atoms. The van der Waals surface area contributed by atoms with Crippen LogP contribution >= 0.6 is 0 Å². The van der Waals surface area contributed by atoms with Crippen molar-refractivity contribution in [2.24, 2.45) is 29.6 Å². The van der Waals surface area contributed by atoms with Crippen molar-refractivity contribution < 1.29 is 38.3 Å². The molecule has 1 aliphatic heterocycles. The van der Waals surface area contributed by atoms with Crippen LogP contribution in [0.3, 0.4) is 0 Å². The highest BCUT2D eigenvalue weighted by Gasteiger charge is 2.41. The molecule has 15 heteroatoms. The molecule has 0 spiro atoms. The Kier molecular flexibility index (Phi) is 25.2. The molecule has 1 saturated carbocycles. The van der Waals surface area contributed by atoms with E-state index < -0.39 is 83.8 Å². The summed E-state index contributed by atoms with van der Waals surface area (Å²) in [5.41, 5.74) is 0. The van der Waals surface area contributed by atoms with Crippen LogP contribution in [0.25, 0.3) is 0 Å². The SMILES string of the molecule is CCCC[C@@H](C)C[C@@H]1NC(=O)[C@H](CC2CCCCC2)N(C)C(=O)[C@H](CC(C)C)NC(=O)[C@H](CC(C)C)N(C)C(=O)[C@H](C[C@H](C)CCCC)NC(=O)[C@@H](CCC#N)OC(=O)[C@H](C)N(C)C1=O. The van der Waals surface area contributed by atoms with Gasteiger partial charge in [-0.2, -0.15) is 5.26 Å². The van der Waals surface area contributed by atoms with Crippen LogP contribution in [-0.4, -0.2) is 120 Å². The van der Waals surface area contributed by atoms with Gasteiger partial charge in [-0.1, -0.05) is 126 Å². The van der Waals surface area contributed by atoms with Gasteiger partial charge < -0.3 is 35.4 Å². The van der Waals surface area contributed by atoms with E-state index in [0.717, 1.165) is 70.6 Å². The van der Waals surface area contributed by atoms with E-state index in [1.807, 2.05) is 47.6 Å². The van der Waals surface area contributed by atoms with E-state index in [9.17, 15) is 38.8 Å². The minimum Gasteiger partial charge on any atom is -0.451 e. The standard InChI is InChI=1S/C50H87N7O8/c1-13-15-21-34(7)29-39-47(61)55(10)36(9)50(64)65-43(25-20-26-51)46(60)54-40(30-35(8)22-16-14-2)49(63)56(11)41(28-33(5)6)44(58)52-38(27-32(3)4)48(62)57(12)42(45(59)53-39)31-37-23-18-17-19-24-37/h32-43H,13-25,27-31H2,1-12H3,(H,52,58)(H,53,59)(H,54,60)/t34-,35-,36+,38+,39+,40+,41+,42+,43-/m1/s1. The third kappa shape index (κ3) is 18.5. The summed E-state index contributed by atoms with van der Waals surface area (Å²) in [6.07, 6.45) is 9.87. The average molecular weight is 914 g/mol. The van der Waals surface area contributed by atoms with Crippen LogP contribution in [0.2, 0.25) is 0 Å². The van der Waals surface area contributed by atoms with Gasteiger partial charge in [0.1, 0.15) is 36.3 Å². The van der Waals surface area contributed by atoms with Gasteiger partial charge in [-0.25, -0.2) is 4.79 Å². The van der Waals surface area contributed by atoms with Crippen LogP contribution in [-0.2, 0) is 38.3 Å². The number of likely N-dealkylation sites (N-methyl/N-ethyl adjacent to an activating group) is 3. The van der Waals surface area contributed by atoms with E-state index in [1.165, 1.54) is 35.7 Å². The second kappa shape index (κ2) is 28.7. The second-order valence-corrected chi connectivity index (χ2v) is 20.3. The molecule has 15 nitrogen and oxygen atoms in total. The Morgan fingerprint density at radius 1 is 0.631 bits per heavy atom. The van der Waals surface area contributed by atoms with Gasteiger partial charge in [-0.15, -0.1) is 0 Å². The zero-order valence-corrected chi connectivity index (χ0v) is 42.2. The van der Waals surface area contributed by atoms with Gasteiger partial charge in [0, 0.05) is 34.0 Å². The van der Waals surface area contributed by atoms with Crippen molar-refractivity contribution in [3.8, 4) is 6.07 Å². The number of ether oxygens (including phenoxy) is 1. The number of carbonyl (C=O) groups is 7. The molecule has 1 aliphatic carbocycles. The molecule has 0 radical (unpaired) electrons. The molecule has 0 aromatic carbocycles. The van der Waals surface area contributed by atoms with E-state index in [2.05, 4.69) is 29.8 Å². The molecule has 0 aromatic rings. The van der Waals surface area contributed by atoms with Crippen LogP contribution in [0.15, 0.2) is 0 Å². The van der Waals surface area contributed by atoms with Crippen LogP contribution < -0.4 is 16.0 Å². The maximum absolute atomic E-state index is 14.8. The van der Waals surface area contributed by atoms with E-state index in [0.29, 0.717) is 6.42 Å². The summed E-state index contributed by atoms with van der Waals surface area (Å²) in [5, 5.41) is 18.4. The Morgan fingerprint density at radius 3 is 1.55 bits per heavy atom. The first-order valence-corrected chi connectivity index (χ1v) is 24.9. The van der Waals surface area contributed by atoms with Crippen LogP contribution in [0.1, 0.15) is 178 Å². The molecule has 370 valence electrons. The fourth-order valence-corrected chi connectivity index (χ4v) is 9.22. The summed E-state index contributed by atoms with van der Waals surface area (Å²) >= 11 is 0. The van der Waals surface area contributed by atoms with Crippen molar-refractivity contribution in [2.75, 3.05) is 21.1 Å². The molecule has 0 aromatic heterocycles. The third-order valence-corrected chi connectivity index (χ3v) is 13.5. The van der Waals surface area contributed by atoms with E-state index in [-0.39, 0.29) is 68.1 Å². The number of hydrogen-bond donors (Lipinski definition) is 3. The van der Waals surface area contributed by atoms with Crippen LogP contribution in [0, 0.1) is 40.9 Å². The third-order valence-electron chi connectivity index (χ3n) is 13.5. The average Bonchev–Trinajstić information content (AvgIpc) is 3.26. The number of carbonyl (C=O) groups excluding carboxylic acids is 7. The molecule has 2 fully saturated rings. The predicted molar refractivity (Wildman–Crippen MR) is 253 cm³/mol. The second-order valence-electron chi connectivity index (χ2n) is 20.3. The van der Waals surface area contributed by atoms with Gasteiger partial charge in [-0.3, -0.25) is 28.8 Å². The Labute approximate surface area is 391 Å². The minimum absolute atomic E-state index is 0.0108. The zero-order valence-electron chi connectivity index (χ0n) is 42.2. The molecule has 1 saturated heterocycles. The molecular formula is C50H87N7O8. The lowest BCUT2D eigenvalue weighted by Gasteiger charge is -2.37. The monoisotopic (exact) mass is 914 g/mol. The lowest BCUT2D eigenvalue weighted by Crippen LogP contribution is -2.60. The van der Waals surface area contributed by atoms with E-state index >= 15 is 0 Å². The summed E-state index contributed by atoms with van der Waals surface area (Å²) in [4.78, 5) is 106. The number of rotatable bonds is 18. The lowest BCUT2D eigenvalue weighted by molar-refractivity contribution is -0.163. The number of amides is 6. The number of nitriles is 1. The molecule has 2 rings (SSSR count). The van der Waals surface area contributed by atoms with Gasteiger partial charge >= 0.3 is 5.97 Å². The molecular weight excluding hydrogens is 827 g/mol. The van der Waals surface area contributed by atoms with Crippen molar-refractivity contribution >= 4 is 41.4 Å². The van der Waals surface area contributed by atoms with Gasteiger partial charge in [0.25, 0.3) is 5.91 Å². The summed E-state index contributed by atoms with van der Waals surface area (Å²) in [6.45, 7) is 17.4. The number of hydrogen-bond acceptors (Lipinski definition) is 9. The van der Waals surface area contributed by atoms with Crippen LogP contribution in [0.5, 0.6) is 0 Å². The number of nitrogens with one attached hydrogen (secondary N) is 3. The number of unbranched alkanes of at least 4 members (excludes halogenated alkanes) is 2. The molecule has 6 amide bonds. The summed E-state index contributed by atoms with van der Waals surface area (Å²) < 4.78 is 5.81. The van der Waals surface area contributed by atoms with Crippen LogP contribution in [0.4, 0.5) is 0 Å². The van der Waals surface area contributed by atoms with Crippen molar-refractivity contribution in [1.29, 1.82) is 5.26 Å². The Morgan fingerprint density at radius 2 is 1.08 bits per heavy atom. The Hall–Kier alpha value is -4.22. The molecule has 0 bridgehead atoms. The van der Waals surface area contributed by atoms with E-state index in [4.69, 9.17) is 4.74 Å². The molecule has 3 N–H and O–H groups in total. The fraction of sp³-hybridized carbons (Fsp3) is 0.840. The number of esters is 1. The molecule has 1 heterocycles. The van der Waals surface area contributed by atoms with Gasteiger partial charge in [0.15, 0.2) is 6.10 Å². The minimum atomic E-state index is -1.47. The van der Waals surface area contributed by atoms with Crippen molar-refractivity contribution in [3.63, 3.8) is 0 Å². The van der Waals surface area contributed by atoms with Crippen molar-refractivity contribution in [2.45, 2.75) is 220 Å². The highest BCUT2D eigenvalue weighted by Crippen LogP contribution is 2.30. The maximum atomic E-state index is 14.8. The van der Waals surface area contributed by atoms with Gasteiger partial charge in [0.05, 0.1) is 6.07 Å². The first kappa shape index (κ1) is 56.9. The van der Waals surface area contributed by atoms with Crippen molar-refractivity contribution in [1.82, 2.24) is 30.7 Å². The fourth-order valence-electron chi connectivity index (χ4n) is 9.22. The topological polar surface area (TPSA) is 198 Å². The lowest BCUT2D eigenvalue weighted by atomic mass is 9.84. The first-order valence-electron chi connectivity index (χ1n) is 24.9. The first-order chi connectivity index (χ1) is 30.7. The van der Waals surface area contributed by atoms with Gasteiger partial charge in [0.2, 0.25) is 29.5 Å². The quantitative estimate of drug-likeness (QED) is 0.126. The zero-order chi connectivity index (χ0) is 49.0. The summed E-state index contributed by atoms with van der Waals surface area (Å²) in [5.74, 6) is -4.10. The Balaban J connectivity index is 2.87. The maximum Gasteiger partial charge on any atom is 0.329 e. The predicted octanol–water partition coefficient (Wildman–Crippen LogP) is 6.67. The van der Waals surface area contributed by atoms with Crippen molar-refractivity contribution in [3.05, 3.63) is 0 Å². The number of cyclic esters (lactones) is 1. The molecule has 2 aliphatic rings. The largest absolute Gasteiger partial charge is 0.451 e. The molecule has 0 unspecified atom stereocenters. The highest BCUT2D eigenvalue weighted by atomic mass is 16.5. The number of nitrogens with zero attached hydrogens (tertiary/aromatic N) is 4. The highest BCUT2D eigenvalue weighted by molar-refractivity contribution is 5.97. The Bertz CT molecular complexity index is 1590. The summed E-state index contributed by atoms with van der Waals surface area (Å²) in [6, 6.07) is -4.40. The van der Waals surface area contributed by atoms with E-state index in [1.54, 1.807) is 7.05 Å². The van der Waals surface area contributed by atoms with Gasteiger partial charge in [-0.05, 0) is 68.6 Å². The smallest absolute Gasteiger partial charge is 0.329 e. The normalized spacial score (nSPS) is 26.6.